The Balaban J connectivity index is 1.70. The van der Waals surface area contributed by atoms with E-state index in [1.54, 1.807) is 14.2 Å². The molecule has 2 saturated heterocycles. The van der Waals surface area contributed by atoms with Crippen molar-refractivity contribution in [2.24, 2.45) is 0 Å². The Bertz CT molecular complexity index is 733. The summed E-state index contributed by atoms with van der Waals surface area (Å²) in [7, 11) is 5.54. The van der Waals surface area contributed by atoms with E-state index in [-0.39, 0.29) is 11.5 Å². The number of likely N-dealkylation sites (N-methyl/N-ethyl adjacent to an activating group) is 1. The second kappa shape index (κ2) is 7.02. The molecule has 4 rings (SSSR count). The molecule has 2 unspecified atom stereocenters. The van der Waals surface area contributed by atoms with Crippen molar-refractivity contribution in [1.29, 1.82) is 0 Å². The fourth-order valence-corrected chi connectivity index (χ4v) is 4.97. The third kappa shape index (κ3) is 3.01. The second-order valence-corrected chi connectivity index (χ2v) is 8.00. The molecule has 2 aliphatic heterocycles. The van der Waals surface area contributed by atoms with Crippen molar-refractivity contribution in [3.05, 3.63) is 35.5 Å². The molecule has 2 fully saturated rings. The average Bonchev–Trinajstić information content (AvgIpc) is 3.24. The quantitative estimate of drug-likeness (QED) is 0.784. The van der Waals surface area contributed by atoms with Gasteiger partial charge in [0.05, 0.1) is 26.9 Å². The molecule has 5 heteroatoms. The predicted molar refractivity (Wildman–Crippen MR) is 104 cm³/mol. The number of methoxy groups -OCH3 is 2. The minimum Gasteiger partial charge on any atom is -0.493 e. The van der Waals surface area contributed by atoms with Crippen LogP contribution in [0.25, 0.3) is 0 Å². The third-order valence-electron chi connectivity index (χ3n) is 6.46. The van der Waals surface area contributed by atoms with E-state index < -0.39 is 5.79 Å². The van der Waals surface area contributed by atoms with Crippen LogP contribution in [-0.2, 0) is 14.9 Å². The Kier molecular flexibility index (Phi) is 4.85. The van der Waals surface area contributed by atoms with Gasteiger partial charge in [-0.05, 0) is 43.0 Å². The molecule has 0 radical (unpaired) electrons. The highest BCUT2D eigenvalue weighted by Crippen LogP contribution is 2.53. The molecule has 2 heterocycles. The number of hydrogen-bond acceptors (Lipinski definition) is 5. The van der Waals surface area contributed by atoms with E-state index in [2.05, 4.69) is 37.1 Å². The topological polar surface area (TPSA) is 40.2 Å². The minimum absolute atomic E-state index is 0.00485. The van der Waals surface area contributed by atoms with Gasteiger partial charge in [0.15, 0.2) is 17.3 Å². The van der Waals surface area contributed by atoms with Crippen molar-refractivity contribution in [2.45, 2.75) is 56.3 Å². The number of allylic oxidation sites excluding steroid dienone is 1. The van der Waals surface area contributed by atoms with Gasteiger partial charge in [-0.25, -0.2) is 0 Å². The van der Waals surface area contributed by atoms with Crippen LogP contribution in [0.5, 0.6) is 11.5 Å². The number of rotatable bonds is 5. The molecule has 0 amide bonds. The van der Waals surface area contributed by atoms with Gasteiger partial charge in [0.2, 0.25) is 0 Å². The number of fused-ring (bicyclic) bond motifs is 1. The summed E-state index contributed by atoms with van der Waals surface area (Å²) in [4.78, 5) is 2.36. The summed E-state index contributed by atoms with van der Waals surface area (Å²) in [6.07, 6.45) is 7.65. The molecule has 1 aromatic carbocycles. The van der Waals surface area contributed by atoms with Gasteiger partial charge >= 0.3 is 0 Å². The van der Waals surface area contributed by atoms with Crippen LogP contribution in [0, 0.1) is 0 Å². The maximum absolute atomic E-state index is 6.38. The van der Waals surface area contributed by atoms with Crippen molar-refractivity contribution in [3.63, 3.8) is 0 Å². The van der Waals surface area contributed by atoms with Crippen LogP contribution in [0.15, 0.2) is 30.0 Å². The molecule has 5 nitrogen and oxygen atoms in total. The Labute approximate surface area is 162 Å². The highest BCUT2D eigenvalue weighted by atomic mass is 16.7. The summed E-state index contributed by atoms with van der Waals surface area (Å²) in [5.41, 5.74) is 2.60. The molecule has 27 heavy (non-hydrogen) atoms. The van der Waals surface area contributed by atoms with Crippen LogP contribution in [0.1, 0.15) is 44.6 Å². The first-order chi connectivity index (χ1) is 13.1. The zero-order chi connectivity index (χ0) is 19.1. The van der Waals surface area contributed by atoms with E-state index >= 15 is 0 Å². The highest BCUT2D eigenvalue weighted by Gasteiger charge is 2.52. The summed E-state index contributed by atoms with van der Waals surface area (Å²) < 4.78 is 23.6. The molecule has 3 aliphatic rings. The first kappa shape index (κ1) is 18.6. The van der Waals surface area contributed by atoms with Gasteiger partial charge in [0.1, 0.15) is 0 Å². The fraction of sp³-hybridized carbons (Fsp3) is 0.636. The summed E-state index contributed by atoms with van der Waals surface area (Å²) in [5, 5.41) is 0. The maximum atomic E-state index is 6.38. The zero-order valence-electron chi connectivity index (χ0n) is 16.9. The predicted octanol–water partition coefficient (Wildman–Crippen LogP) is 3.87. The largest absolute Gasteiger partial charge is 0.493 e. The summed E-state index contributed by atoms with van der Waals surface area (Å²) in [6.45, 7) is 3.93. The van der Waals surface area contributed by atoms with Crippen molar-refractivity contribution in [1.82, 2.24) is 4.90 Å². The summed E-state index contributed by atoms with van der Waals surface area (Å²) in [6, 6.07) is 6.34. The van der Waals surface area contributed by atoms with E-state index in [4.69, 9.17) is 18.9 Å². The molecule has 0 bridgehead atoms. The third-order valence-corrected chi connectivity index (χ3v) is 6.46. The average molecular weight is 373 g/mol. The van der Waals surface area contributed by atoms with Crippen molar-refractivity contribution in [3.8, 4) is 11.5 Å². The molecular weight excluding hydrogens is 342 g/mol. The maximum Gasteiger partial charge on any atom is 0.190 e. The molecule has 1 aromatic rings. The first-order valence-corrected chi connectivity index (χ1v) is 10.0. The van der Waals surface area contributed by atoms with Gasteiger partial charge in [-0.2, -0.15) is 0 Å². The number of nitrogens with zero attached hydrogens (tertiary/aromatic N) is 1. The van der Waals surface area contributed by atoms with Gasteiger partial charge < -0.3 is 23.8 Å². The van der Waals surface area contributed by atoms with Gasteiger partial charge in [-0.15, -0.1) is 0 Å². The Hall–Kier alpha value is -1.72. The minimum atomic E-state index is -0.548. The van der Waals surface area contributed by atoms with E-state index in [0.717, 1.165) is 50.1 Å². The van der Waals surface area contributed by atoms with Crippen LogP contribution in [-0.4, -0.2) is 51.2 Å². The molecule has 1 spiro atoms. The molecule has 0 saturated carbocycles. The molecule has 3 atom stereocenters. The molecular formula is C22H31NO4. The van der Waals surface area contributed by atoms with Crippen LogP contribution < -0.4 is 9.47 Å². The van der Waals surface area contributed by atoms with E-state index in [9.17, 15) is 0 Å². The SMILES string of the molecule is CCCC1COC2(C=C3N(C)CC[C@]3(c3ccc(OC)c(OC)c3)CC2)O1. The van der Waals surface area contributed by atoms with Gasteiger partial charge in [0, 0.05) is 31.1 Å². The lowest BCUT2D eigenvalue weighted by atomic mass is 9.69. The molecule has 1 aliphatic carbocycles. The Morgan fingerprint density at radius 3 is 2.70 bits per heavy atom. The fourth-order valence-electron chi connectivity index (χ4n) is 4.97. The lowest BCUT2D eigenvalue weighted by Crippen LogP contribution is -2.41. The standard InChI is InChI=1S/C22H31NO4/c1-5-6-17-15-26-22(27-17)10-9-21(11-12-23(2)20(21)14-22)16-7-8-18(24-3)19(13-16)25-4/h7-8,13-14,17H,5-6,9-12,15H2,1-4H3/t17?,21-,22?/m0/s1. The van der Waals surface area contributed by atoms with Crippen molar-refractivity contribution < 1.29 is 18.9 Å². The van der Waals surface area contributed by atoms with Gasteiger partial charge in [-0.3, -0.25) is 0 Å². The lowest BCUT2D eigenvalue weighted by molar-refractivity contribution is -0.143. The molecule has 0 N–H and O–H groups in total. The van der Waals surface area contributed by atoms with Crippen LogP contribution in [0.2, 0.25) is 0 Å². The van der Waals surface area contributed by atoms with E-state index in [0.29, 0.717) is 6.61 Å². The van der Waals surface area contributed by atoms with Crippen LogP contribution >= 0.6 is 0 Å². The van der Waals surface area contributed by atoms with E-state index in [1.807, 2.05) is 6.07 Å². The van der Waals surface area contributed by atoms with Crippen LogP contribution in [0.3, 0.4) is 0 Å². The highest BCUT2D eigenvalue weighted by molar-refractivity contribution is 5.50. The summed E-state index contributed by atoms with van der Waals surface area (Å²) in [5.74, 6) is 1.01. The molecule has 0 aromatic heterocycles. The van der Waals surface area contributed by atoms with Gasteiger partial charge in [-0.1, -0.05) is 19.4 Å². The smallest absolute Gasteiger partial charge is 0.190 e. The number of likely N-dealkylation sites (tertiary alicyclic amines) is 1. The normalized spacial score (nSPS) is 32.5. The van der Waals surface area contributed by atoms with Crippen molar-refractivity contribution in [2.75, 3.05) is 34.4 Å². The van der Waals surface area contributed by atoms with Crippen molar-refractivity contribution >= 4 is 0 Å². The lowest BCUT2D eigenvalue weighted by Gasteiger charge is -2.41. The number of benzene rings is 1. The monoisotopic (exact) mass is 373 g/mol. The number of hydrogen-bond donors (Lipinski definition) is 0. The first-order valence-electron chi connectivity index (χ1n) is 10.0. The summed E-state index contributed by atoms with van der Waals surface area (Å²) >= 11 is 0. The van der Waals surface area contributed by atoms with E-state index in [1.165, 1.54) is 11.3 Å². The Morgan fingerprint density at radius 1 is 1.15 bits per heavy atom. The van der Waals surface area contributed by atoms with Gasteiger partial charge in [0.25, 0.3) is 0 Å². The zero-order valence-corrected chi connectivity index (χ0v) is 16.9. The Morgan fingerprint density at radius 2 is 1.96 bits per heavy atom. The second-order valence-electron chi connectivity index (χ2n) is 8.00. The number of ether oxygens (including phenoxy) is 4. The molecule has 148 valence electrons. The van der Waals surface area contributed by atoms with Crippen LogP contribution in [0.4, 0.5) is 0 Å².